The van der Waals surface area contributed by atoms with Crippen LogP contribution in [0.4, 0.5) is 0 Å². The molecule has 1 atom stereocenters. The molecule has 2 N–H and O–H groups in total. The minimum atomic E-state index is -0.641. The van der Waals surface area contributed by atoms with Gasteiger partial charge in [-0.25, -0.2) is 0 Å². The van der Waals surface area contributed by atoms with Crippen molar-refractivity contribution in [1.82, 2.24) is 9.80 Å². The lowest BCUT2D eigenvalue weighted by Crippen LogP contribution is -2.58. The van der Waals surface area contributed by atoms with Crippen LogP contribution >= 0.6 is 0 Å². The Labute approximate surface area is 145 Å². The van der Waals surface area contributed by atoms with Gasteiger partial charge in [-0.2, -0.15) is 0 Å². The zero-order chi connectivity index (χ0) is 17.2. The number of hydrogen-bond acceptors (Lipinski definition) is 3. The zero-order valence-electron chi connectivity index (χ0n) is 15.1. The Balaban J connectivity index is 1.51. The molecule has 2 saturated heterocycles. The van der Waals surface area contributed by atoms with Crippen molar-refractivity contribution in [3.05, 3.63) is 0 Å². The number of hydrogen-bond donors (Lipinski definition) is 1. The molecule has 2 heterocycles. The average molecular weight is 335 g/mol. The van der Waals surface area contributed by atoms with Gasteiger partial charge in [0, 0.05) is 32.1 Å². The first kappa shape index (κ1) is 17.7. The summed E-state index contributed by atoms with van der Waals surface area (Å²) in [7, 11) is 0. The first-order chi connectivity index (χ1) is 11.5. The van der Waals surface area contributed by atoms with Gasteiger partial charge in [-0.3, -0.25) is 9.59 Å². The molecule has 0 spiro atoms. The Bertz CT molecular complexity index is 465. The van der Waals surface area contributed by atoms with Gasteiger partial charge in [0.05, 0.1) is 5.54 Å². The normalized spacial score (nSPS) is 28.7. The average Bonchev–Trinajstić information content (AvgIpc) is 2.61. The first-order valence-electron chi connectivity index (χ1n) is 9.87. The molecule has 0 bridgehead atoms. The van der Waals surface area contributed by atoms with E-state index in [4.69, 9.17) is 5.73 Å². The van der Waals surface area contributed by atoms with Crippen LogP contribution in [0.3, 0.4) is 0 Å². The van der Waals surface area contributed by atoms with Crippen molar-refractivity contribution < 1.29 is 9.59 Å². The van der Waals surface area contributed by atoms with E-state index in [1.54, 1.807) is 0 Å². The third kappa shape index (κ3) is 3.76. The highest BCUT2D eigenvalue weighted by atomic mass is 16.2. The van der Waals surface area contributed by atoms with E-state index < -0.39 is 5.54 Å². The summed E-state index contributed by atoms with van der Waals surface area (Å²) in [4.78, 5) is 29.5. The van der Waals surface area contributed by atoms with Gasteiger partial charge < -0.3 is 15.5 Å². The van der Waals surface area contributed by atoms with Crippen LogP contribution in [0.2, 0.25) is 0 Å². The second-order valence-corrected chi connectivity index (χ2v) is 8.31. The highest BCUT2D eigenvalue weighted by Crippen LogP contribution is 2.30. The highest BCUT2D eigenvalue weighted by Gasteiger charge is 2.40. The van der Waals surface area contributed by atoms with Crippen LogP contribution in [0, 0.1) is 11.8 Å². The molecule has 0 aromatic rings. The maximum Gasteiger partial charge on any atom is 0.242 e. The Morgan fingerprint density at radius 3 is 2.21 bits per heavy atom. The summed E-state index contributed by atoms with van der Waals surface area (Å²) in [5, 5.41) is 0. The number of carbonyl (C=O) groups is 2. The molecule has 1 saturated carbocycles. The highest BCUT2D eigenvalue weighted by molar-refractivity contribution is 5.86. The molecule has 1 aliphatic carbocycles. The zero-order valence-corrected chi connectivity index (χ0v) is 15.1. The molecule has 0 aromatic carbocycles. The Morgan fingerprint density at radius 1 is 0.917 bits per heavy atom. The van der Waals surface area contributed by atoms with Gasteiger partial charge in [0.25, 0.3) is 0 Å². The van der Waals surface area contributed by atoms with E-state index in [1.165, 1.54) is 12.8 Å². The Hall–Kier alpha value is -1.10. The number of nitrogens with zero attached hydrogens (tertiary/aromatic N) is 2. The molecular weight excluding hydrogens is 302 g/mol. The Morgan fingerprint density at radius 2 is 1.58 bits per heavy atom. The number of piperidine rings is 2. The molecule has 3 aliphatic rings. The second-order valence-electron chi connectivity index (χ2n) is 8.31. The summed E-state index contributed by atoms with van der Waals surface area (Å²) in [6.07, 6.45) is 8.89. The van der Waals surface area contributed by atoms with E-state index in [9.17, 15) is 9.59 Å². The van der Waals surface area contributed by atoms with Crippen molar-refractivity contribution in [2.75, 3.05) is 26.2 Å². The van der Waals surface area contributed by atoms with Gasteiger partial charge in [-0.1, -0.05) is 26.2 Å². The maximum atomic E-state index is 12.8. The van der Waals surface area contributed by atoms with Gasteiger partial charge in [0.15, 0.2) is 0 Å². The third-order valence-corrected chi connectivity index (χ3v) is 6.27. The molecule has 5 nitrogen and oxygen atoms in total. The monoisotopic (exact) mass is 335 g/mol. The van der Waals surface area contributed by atoms with E-state index >= 15 is 0 Å². The summed E-state index contributed by atoms with van der Waals surface area (Å²) in [6, 6.07) is 0. The van der Waals surface area contributed by atoms with E-state index in [-0.39, 0.29) is 11.8 Å². The molecule has 0 radical (unpaired) electrons. The summed E-state index contributed by atoms with van der Waals surface area (Å²) >= 11 is 0. The van der Waals surface area contributed by atoms with Crippen LogP contribution in [0.25, 0.3) is 0 Å². The van der Waals surface area contributed by atoms with Crippen LogP contribution < -0.4 is 5.73 Å². The van der Waals surface area contributed by atoms with Gasteiger partial charge in [-0.05, 0) is 44.4 Å². The summed E-state index contributed by atoms with van der Waals surface area (Å²) in [5.41, 5.74) is 5.75. The topological polar surface area (TPSA) is 66.6 Å². The number of amides is 2. The molecule has 3 rings (SSSR count). The van der Waals surface area contributed by atoms with Crippen molar-refractivity contribution in [2.45, 2.75) is 70.3 Å². The number of nitrogens with two attached hydrogens (primary N) is 1. The van der Waals surface area contributed by atoms with Crippen molar-refractivity contribution in [1.29, 1.82) is 0 Å². The van der Waals surface area contributed by atoms with E-state index in [0.29, 0.717) is 24.9 Å². The molecule has 1 unspecified atom stereocenters. The first-order valence-corrected chi connectivity index (χ1v) is 9.87. The smallest absolute Gasteiger partial charge is 0.242 e. The standard InChI is InChI=1S/C19H33N3O2/c1-15-6-5-11-22(14-15)17(23)16-7-12-21(13-8-16)18(24)19(20)9-3-2-4-10-19/h15-16H,2-14,20H2,1H3. The lowest BCUT2D eigenvalue weighted by atomic mass is 9.81. The molecule has 24 heavy (non-hydrogen) atoms. The minimum Gasteiger partial charge on any atom is -0.342 e. The van der Waals surface area contributed by atoms with Gasteiger partial charge in [-0.15, -0.1) is 0 Å². The molecule has 136 valence electrons. The van der Waals surface area contributed by atoms with Crippen molar-refractivity contribution in [3.63, 3.8) is 0 Å². The largest absolute Gasteiger partial charge is 0.342 e. The van der Waals surface area contributed by atoms with Gasteiger partial charge in [0.2, 0.25) is 11.8 Å². The number of likely N-dealkylation sites (tertiary alicyclic amines) is 2. The van der Waals surface area contributed by atoms with Crippen LogP contribution in [0.1, 0.15) is 64.7 Å². The predicted molar refractivity (Wildman–Crippen MR) is 94.3 cm³/mol. The van der Waals surface area contributed by atoms with Crippen molar-refractivity contribution in [3.8, 4) is 0 Å². The number of rotatable bonds is 2. The van der Waals surface area contributed by atoms with Crippen LogP contribution in [-0.4, -0.2) is 53.3 Å². The number of carbonyl (C=O) groups excluding carboxylic acids is 2. The summed E-state index contributed by atoms with van der Waals surface area (Å²) < 4.78 is 0. The van der Waals surface area contributed by atoms with Crippen LogP contribution in [0.5, 0.6) is 0 Å². The SMILES string of the molecule is CC1CCCN(C(=O)C2CCN(C(=O)C3(N)CCCCC3)CC2)C1. The van der Waals surface area contributed by atoms with E-state index in [2.05, 4.69) is 11.8 Å². The molecule has 2 aliphatic heterocycles. The van der Waals surface area contributed by atoms with Crippen molar-refractivity contribution >= 4 is 11.8 Å². The summed E-state index contributed by atoms with van der Waals surface area (Å²) in [5.74, 6) is 1.15. The lowest BCUT2D eigenvalue weighted by molar-refractivity contribution is -0.144. The van der Waals surface area contributed by atoms with Crippen LogP contribution in [-0.2, 0) is 9.59 Å². The lowest BCUT2D eigenvalue weighted by Gasteiger charge is -2.41. The van der Waals surface area contributed by atoms with Crippen molar-refractivity contribution in [2.24, 2.45) is 17.6 Å². The molecule has 2 amide bonds. The van der Waals surface area contributed by atoms with E-state index in [0.717, 1.165) is 58.0 Å². The molecule has 3 fully saturated rings. The fraction of sp³-hybridized carbons (Fsp3) is 0.895. The summed E-state index contributed by atoms with van der Waals surface area (Å²) in [6.45, 7) is 5.43. The minimum absolute atomic E-state index is 0.0967. The van der Waals surface area contributed by atoms with Crippen LogP contribution in [0.15, 0.2) is 0 Å². The molecular formula is C19H33N3O2. The van der Waals surface area contributed by atoms with E-state index in [1.807, 2.05) is 4.90 Å². The second kappa shape index (κ2) is 7.42. The quantitative estimate of drug-likeness (QED) is 0.841. The third-order valence-electron chi connectivity index (χ3n) is 6.27. The van der Waals surface area contributed by atoms with Gasteiger partial charge >= 0.3 is 0 Å². The molecule has 0 aromatic heterocycles. The fourth-order valence-electron chi connectivity index (χ4n) is 4.69. The van der Waals surface area contributed by atoms with Gasteiger partial charge in [0.1, 0.15) is 0 Å². The predicted octanol–water partition coefficient (Wildman–Crippen LogP) is 2.15. The Kier molecular flexibility index (Phi) is 5.48. The molecule has 5 heteroatoms. The fourth-order valence-corrected chi connectivity index (χ4v) is 4.69. The maximum absolute atomic E-state index is 12.8.